The quantitative estimate of drug-likeness (QED) is 0.725. The molecular weight excluding hydrogens is 368 g/mol. The molecule has 0 atom stereocenters. The molecule has 0 bridgehead atoms. The first-order valence-electron chi connectivity index (χ1n) is 10.5. The van der Waals surface area contributed by atoms with Crippen molar-refractivity contribution in [2.75, 3.05) is 44.7 Å². The molecule has 8 heteroatoms. The summed E-state index contributed by atoms with van der Waals surface area (Å²) >= 11 is 0. The van der Waals surface area contributed by atoms with E-state index in [1.807, 2.05) is 24.8 Å². The third-order valence-electron chi connectivity index (χ3n) is 6.11. The Morgan fingerprint density at radius 1 is 1.21 bits per heavy atom. The third kappa shape index (κ3) is 4.00. The Bertz CT molecular complexity index is 900. The Morgan fingerprint density at radius 3 is 2.72 bits per heavy atom. The standard InChI is InChI=1S/C21H30N6O2/c1-22-10-4-11-26-12-7-15(8-13-26)16-5-3-6-17-19(16)25(2)24-20(17)27-14-9-18(28)23-21(27)29/h3,5-6,15,22H,4,7-14H2,1-2H3,(H,23,28,29). The number of hydrogen-bond acceptors (Lipinski definition) is 5. The smallest absolute Gasteiger partial charge is 0.320 e. The van der Waals surface area contributed by atoms with Crippen LogP contribution in [0.2, 0.25) is 0 Å². The van der Waals surface area contributed by atoms with Gasteiger partial charge in [-0.2, -0.15) is 5.10 Å². The summed E-state index contributed by atoms with van der Waals surface area (Å²) in [4.78, 5) is 28.0. The number of fused-ring (bicyclic) bond motifs is 1. The van der Waals surface area contributed by atoms with E-state index in [0.29, 0.717) is 24.7 Å². The van der Waals surface area contributed by atoms with Crippen molar-refractivity contribution in [3.63, 3.8) is 0 Å². The van der Waals surface area contributed by atoms with Gasteiger partial charge in [-0.05, 0) is 70.0 Å². The Kier molecular flexibility index (Phi) is 5.82. The van der Waals surface area contributed by atoms with Crippen molar-refractivity contribution in [3.8, 4) is 0 Å². The van der Waals surface area contributed by atoms with Crippen LogP contribution in [0.1, 0.15) is 37.2 Å². The lowest BCUT2D eigenvalue weighted by Crippen LogP contribution is -2.49. The monoisotopic (exact) mass is 398 g/mol. The van der Waals surface area contributed by atoms with Crippen molar-refractivity contribution < 1.29 is 9.59 Å². The van der Waals surface area contributed by atoms with E-state index in [9.17, 15) is 9.59 Å². The molecule has 4 rings (SSSR count). The number of para-hydroxylation sites is 1. The molecule has 0 aliphatic carbocycles. The van der Waals surface area contributed by atoms with Crippen LogP contribution in [0.3, 0.4) is 0 Å². The third-order valence-corrected chi connectivity index (χ3v) is 6.11. The zero-order chi connectivity index (χ0) is 20.4. The highest BCUT2D eigenvalue weighted by Crippen LogP contribution is 2.36. The predicted octanol–water partition coefficient (Wildman–Crippen LogP) is 1.81. The Hall–Kier alpha value is -2.45. The molecule has 2 fully saturated rings. The normalized spacial score (nSPS) is 19.2. The highest BCUT2D eigenvalue weighted by molar-refractivity contribution is 6.09. The number of imide groups is 1. The predicted molar refractivity (Wildman–Crippen MR) is 113 cm³/mol. The molecule has 0 unspecified atom stereocenters. The second-order valence-electron chi connectivity index (χ2n) is 8.02. The van der Waals surface area contributed by atoms with Crippen molar-refractivity contribution >= 4 is 28.7 Å². The molecule has 0 saturated carbocycles. The van der Waals surface area contributed by atoms with Gasteiger partial charge >= 0.3 is 6.03 Å². The summed E-state index contributed by atoms with van der Waals surface area (Å²) in [5.41, 5.74) is 2.41. The van der Waals surface area contributed by atoms with E-state index in [1.54, 1.807) is 4.90 Å². The van der Waals surface area contributed by atoms with E-state index in [0.717, 1.165) is 49.9 Å². The summed E-state index contributed by atoms with van der Waals surface area (Å²) < 4.78 is 1.89. The van der Waals surface area contributed by atoms with E-state index < -0.39 is 0 Å². The molecule has 3 heterocycles. The van der Waals surface area contributed by atoms with Crippen LogP contribution in [0, 0.1) is 0 Å². The van der Waals surface area contributed by atoms with Gasteiger partial charge in [0.2, 0.25) is 5.91 Å². The summed E-state index contributed by atoms with van der Waals surface area (Å²) in [6.45, 7) is 4.81. The van der Waals surface area contributed by atoms with Crippen molar-refractivity contribution in [1.82, 2.24) is 25.3 Å². The average molecular weight is 399 g/mol. The van der Waals surface area contributed by atoms with E-state index >= 15 is 0 Å². The molecule has 0 spiro atoms. The summed E-state index contributed by atoms with van der Waals surface area (Å²) in [5.74, 6) is 0.909. The second kappa shape index (κ2) is 8.51. The largest absolute Gasteiger partial charge is 0.329 e. The van der Waals surface area contributed by atoms with Crippen LogP contribution >= 0.6 is 0 Å². The number of anilines is 1. The first-order chi connectivity index (χ1) is 14.1. The maximum absolute atomic E-state index is 12.3. The number of nitrogens with one attached hydrogen (secondary N) is 2. The summed E-state index contributed by atoms with van der Waals surface area (Å²) in [6.07, 6.45) is 3.76. The number of aryl methyl sites for hydroxylation is 1. The molecule has 3 amide bonds. The summed E-state index contributed by atoms with van der Waals surface area (Å²) in [5, 5.41) is 11.3. The number of amides is 3. The molecule has 2 saturated heterocycles. The highest BCUT2D eigenvalue weighted by Gasteiger charge is 2.30. The number of benzene rings is 1. The summed E-state index contributed by atoms with van der Waals surface area (Å²) in [6, 6.07) is 5.91. The molecule has 2 aromatic rings. The second-order valence-corrected chi connectivity index (χ2v) is 8.02. The average Bonchev–Trinajstić information content (AvgIpc) is 3.05. The van der Waals surface area contributed by atoms with Crippen LogP contribution in [-0.2, 0) is 11.8 Å². The van der Waals surface area contributed by atoms with Gasteiger partial charge in [0.25, 0.3) is 0 Å². The van der Waals surface area contributed by atoms with Gasteiger partial charge in [-0.3, -0.25) is 19.7 Å². The zero-order valence-corrected chi connectivity index (χ0v) is 17.3. The number of nitrogens with zero attached hydrogens (tertiary/aromatic N) is 4. The summed E-state index contributed by atoms with van der Waals surface area (Å²) in [7, 11) is 3.94. The van der Waals surface area contributed by atoms with Crippen molar-refractivity contribution in [2.24, 2.45) is 7.05 Å². The first kappa shape index (κ1) is 19.8. The SMILES string of the molecule is CNCCCN1CCC(c2cccc3c(N4CCC(=O)NC4=O)nn(C)c23)CC1. The minimum absolute atomic E-state index is 0.228. The van der Waals surface area contributed by atoms with Gasteiger partial charge in [0.1, 0.15) is 0 Å². The fraction of sp³-hybridized carbons (Fsp3) is 0.571. The van der Waals surface area contributed by atoms with E-state index in [2.05, 4.69) is 32.8 Å². The van der Waals surface area contributed by atoms with E-state index in [1.165, 1.54) is 12.0 Å². The first-order valence-corrected chi connectivity index (χ1v) is 10.5. The molecule has 0 radical (unpaired) electrons. The van der Waals surface area contributed by atoms with Gasteiger partial charge in [0, 0.05) is 25.4 Å². The number of rotatable bonds is 6. The number of hydrogen-bond donors (Lipinski definition) is 2. The van der Waals surface area contributed by atoms with Gasteiger partial charge in [-0.25, -0.2) is 4.79 Å². The number of carbonyl (C=O) groups excluding carboxylic acids is 2. The fourth-order valence-corrected chi connectivity index (χ4v) is 4.59. The van der Waals surface area contributed by atoms with E-state index in [-0.39, 0.29) is 11.9 Å². The van der Waals surface area contributed by atoms with Crippen LogP contribution in [0.4, 0.5) is 10.6 Å². The number of piperidine rings is 1. The van der Waals surface area contributed by atoms with Gasteiger partial charge in [-0.15, -0.1) is 0 Å². The van der Waals surface area contributed by atoms with Gasteiger partial charge < -0.3 is 10.2 Å². The number of aromatic nitrogens is 2. The van der Waals surface area contributed by atoms with E-state index in [4.69, 9.17) is 0 Å². The van der Waals surface area contributed by atoms with Gasteiger partial charge in [-0.1, -0.05) is 12.1 Å². The Morgan fingerprint density at radius 2 is 2.00 bits per heavy atom. The van der Waals surface area contributed by atoms with Crippen LogP contribution < -0.4 is 15.5 Å². The zero-order valence-electron chi connectivity index (χ0n) is 17.3. The minimum atomic E-state index is -0.387. The number of likely N-dealkylation sites (tertiary alicyclic amines) is 1. The van der Waals surface area contributed by atoms with Crippen LogP contribution in [-0.4, -0.2) is 66.4 Å². The minimum Gasteiger partial charge on any atom is -0.320 e. The lowest BCUT2D eigenvalue weighted by molar-refractivity contribution is -0.120. The lowest BCUT2D eigenvalue weighted by atomic mass is 9.88. The van der Waals surface area contributed by atoms with Crippen LogP contribution in [0.25, 0.3) is 10.9 Å². The molecule has 1 aromatic heterocycles. The maximum atomic E-state index is 12.3. The van der Waals surface area contributed by atoms with Crippen molar-refractivity contribution in [2.45, 2.75) is 31.6 Å². The molecule has 29 heavy (non-hydrogen) atoms. The molecule has 2 N–H and O–H groups in total. The topological polar surface area (TPSA) is 82.5 Å². The molecule has 156 valence electrons. The molecule has 2 aliphatic rings. The fourth-order valence-electron chi connectivity index (χ4n) is 4.59. The van der Waals surface area contributed by atoms with Crippen molar-refractivity contribution in [3.05, 3.63) is 23.8 Å². The number of urea groups is 1. The van der Waals surface area contributed by atoms with Crippen LogP contribution in [0.5, 0.6) is 0 Å². The highest BCUT2D eigenvalue weighted by atomic mass is 16.2. The van der Waals surface area contributed by atoms with Gasteiger partial charge in [0.15, 0.2) is 5.82 Å². The molecular formula is C21H30N6O2. The molecule has 2 aliphatic heterocycles. The van der Waals surface area contributed by atoms with Gasteiger partial charge in [0.05, 0.1) is 5.52 Å². The number of carbonyl (C=O) groups is 2. The lowest BCUT2D eigenvalue weighted by Gasteiger charge is -2.32. The maximum Gasteiger partial charge on any atom is 0.329 e. The Balaban J connectivity index is 1.55. The molecule has 8 nitrogen and oxygen atoms in total. The molecule has 1 aromatic carbocycles. The van der Waals surface area contributed by atoms with Crippen LogP contribution in [0.15, 0.2) is 18.2 Å². The Labute approximate surface area is 171 Å². The van der Waals surface area contributed by atoms with Crippen molar-refractivity contribution in [1.29, 1.82) is 0 Å².